The van der Waals surface area contributed by atoms with Crippen molar-refractivity contribution in [1.82, 2.24) is 14.9 Å². The van der Waals surface area contributed by atoms with E-state index in [-0.39, 0.29) is 5.91 Å². The molecule has 0 saturated heterocycles. The minimum absolute atomic E-state index is 0.0612. The molecule has 2 aromatic rings. The second kappa shape index (κ2) is 9.01. The van der Waals surface area contributed by atoms with Gasteiger partial charge in [0.1, 0.15) is 17.8 Å². The van der Waals surface area contributed by atoms with E-state index in [4.69, 9.17) is 0 Å². The first-order valence-corrected chi connectivity index (χ1v) is 8.52. The summed E-state index contributed by atoms with van der Waals surface area (Å²) in [5.41, 5.74) is 1.56. The van der Waals surface area contributed by atoms with E-state index >= 15 is 0 Å². The summed E-state index contributed by atoms with van der Waals surface area (Å²) in [5, 5.41) is 0. The van der Waals surface area contributed by atoms with Gasteiger partial charge in [0.25, 0.3) is 5.91 Å². The first kappa shape index (κ1) is 17.9. The number of aromatic nitrogens is 2. The summed E-state index contributed by atoms with van der Waals surface area (Å²) in [6.45, 7) is 6.28. The van der Waals surface area contributed by atoms with Gasteiger partial charge in [-0.15, -0.1) is 0 Å². The number of carbonyl (C=O) groups excluding carboxylic acids is 1. The second-order valence-electron chi connectivity index (χ2n) is 5.84. The van der Waals surface area contributed by atoms with Crippen LogP contribution in [0.25, 0.3) is 0 Å². The maximum Gasteiger partial charge on any atom is 0.272 e. The van der Waals surface area contributed by atoms with E-state index in [0.717, 1.165) is 30.8 Å². The molecule has 24 heavy (non-hydrogen) atoms. The molecule has 0 aliphatic heterocycles. The molecule has 0 aliphatic rings. The summed E-state index contributed by atoms with van der Waals surface area (Å²) < 4.78 is 0. The highest BCUT2D eigenvalue weighted by atomic mass is 16.2. The second-order valence-corrected chi connectivity index (χ2v) is 5.84. The number of hydrogen-bond donors (Lipinski definition) is 0. The monoisotopic (exact) mass is 326 g/mol. The van der Waals surface area contributed by atoms with E-state index in [0.29, 0.717) is 18.8 Å². The Kier molecular flexibility index (Phi) is 6.73. The summed E-state index contributed by atoms with van der Waals surface area (Å²) >= 11 is 0. The summed E-state index contributed by atoms with van der Waals surface area (Å²) in [4.78, 5) is 25.1. The van der Waals surface area contributed by atoms with Gasteiger partial charge in [-0.25, -0.2) is 9.97 Å². The van der Waals surface area contributed by atoms with Crippen LogP contribution < -0.4 is 4.90 Å². The van der Waals surface area contributed by atoms with E-state index in [1.54, 1.807) is 11.0 Å². The number of nitrogens with zero attached hydrogens (tertiary/aromatic N) is 4. The van der Waals surface area contributed by atoms with Crippen molar-refractivity contribution in [3.63, 3.8) is 0 Å². The highest BCUT2D eigenvalue weighted by molar-refractivity contribution is 5.92. The number of unbranched alkanes of at least 4 members (excludes halogenated alkanes) is 1. The largest absolute Gasteiger partial charge is 0.360 e. The van der Waals surface area contributed by atoms with Crippen molar-refractivity contribution in [3.05, 3.63) is 54.0 Å². The predicted molar refractivity (Wildman–Crippen MR) is 97.1 cm³/mol. The number of anilines is 1. The van der Waals surface area contributed by atoms with Crippen LogP contribution in [0.3, 0.4) is 0 Å². The van der Waals surface area contributed by atoms with Gasteiger partial charge in [-0.2, -0.15) is 0 Å². The molecule has 0 fully saturated rings. The van der Waals surface area contributed by atoms with Gasteiger partial charge in [0.15, 0.2) is 0 Å². The van der Waals surface area contributed by atoms with E-state index in [9.17, 15) is 4.79 Å². The number of rotatable bonds is 8. The summed E-state index contributed by atoms with van der Waals surface area (Å²) in [6.07, 6.45) is 3.70. The molecule has 5 heteroatoms. The van der Waals surface area contributed by atoms with E-state index < -0.39 is 0 Å². The van der Waals surface area contributed by atoms with Gasteiger partial charge in [-0.1, -0.05) is 43.7 Å². The van der Waals surface area contributed by atoms with E-state index in [1.165, 1.54) is 6.33 Å². The molecule has 1 aromatic carbocycles. The number of amides is 1. The lowest BCUT2D eigenvalue weighted by atomic mass is 10.2. The van der Waals surface area contributed by atoms with Crippen LogP contribution in [0.2, 0.25) is 0 Å². The van der Waals surface area contributed by atoms with Crippen LogP contribution in [0.4, 0.5) is 5.82 Å². The Bertz CT molecular complexity index is 645. The Balaban J connectivity index is 2.12. The SMILES string of the molecule is CCCCN(C)c1cc(C(=O)N(CC)Cc2ccccc2)ncn1. The average molecular weight is 326 g/mol. The quantitative estimate of drug-likeness (QED) is 0.746. The van der Waals surface area contributed by atoms with Gasteiger partial charge in [0.05, 0.1) is 0 Å². The third kappa shape index (κ3) is 4.78. The first-order valence-electron chi connectivity index (χ1n) is 8.52. The van der Waals surface area contributed by atoms with Crippen molar-refractivity contribution >= 4 is 11.7 Å². The Labute approximate surface area is 144 Å². The van der Waals surface area contributed by atoms with Crippen LogP contribution in [0.5, 0.6) is 0 Å². The van der Waals surface area contributed by atoms with Crippen LogP contribution in [-0.2, 0) is 6.54 Å². The van der Waals surface area contributed by atoms with Gasteiger partial charge >= 0.3 is 0 Å². The molecule has 5 nitrogen and oxygen atoms in total. The lowest BCUT2D eigenvalue weighted by Gasteiger charge is -2.22. The maximum absolute atomic E-state index is 12.8. The van der Waals surface area contributed by atoms with Crippen molar-refractivity contribution < 1.29 is 4.79 Å². The van der Waals surface area contributed by atoms with Crippen LogP contribution >= 0.6 is 0 Å². The zero-order valence-corrected chi connectivity index (χ0v) is 14.8. The zero-order valence-electron chi connectivity index (χ0n) is 14.8. The lowest BCUT2D eigenvalue weighted by Crippen LogP contribution is -2.31. The smallest absolute Gasteiger partial charge is 0.272 e. The van der Waals surface area contributed by atoms with Crippen LogP contribution in [0.15, 0.2) is 42.7 Å². The average Bonchev–Trinajstić information content (AvgIpc) is 2.64. The maximum atomic E-state index is 12.8. The highest BCUT2D eigenvalue weighted by Crippen LogP contribution is 2.13. The van der Waals surface area contributed by atoms with Crippen LogP contribution in [0.1, 0.15) is 42.7 Å². The molecule has 0 radical (unpaired) electrons. The van der Waals surface area contributed by atoms with Crippen molar-refractivity contribution in [1.29, 1.82) is 0 Å². The van der Waals surface area contributed by atoms with Gasteiger partial charge in [0.2, 0.25) is 0 Å². The third-order valence-corrected chi connectivity index (χ3v) is 4.00. The minimum atomic E-state index is -0.0612. The Morgan fingerprint density at radius 1 is 1.12 bits per heavy atom. The Morgan fingerprint density at radius 3 is 2.54 bits per heavy atom. The molecule has 2 rings (SSSR count). The fourth-order valence-corrected chi connectivity index (χ4v) is 2.48. The lowest BCUT2D eigenvalue weighted by molar-refractivity contribution is 0.0746. The van der Waals surface area contributed by atoms with E-state index in [2.05, 4.69) is 21.8 Å². The van der Waals surface area contributed by atoms with Gasteiger partial charge in [0, 0.05) is 32.7 Å². The van der Waals surface area contributed by atoms with Crippen molar-refractivity contribution in [3.8, 4) is 0 Å². The Hall–Kier alpha value is -2.43. The standard InChI is InChI=1S/C19H26N4O/c1-4-6-12-22(3)18-13-17(20-15-21-18)19(24)23(5-2)14-16-10-8-7-9-11-16/h7-11,13,15H,4-6,12,14H2,1-3H3. The number of hydrogen-bond acceptors (Lipinski definition) is 4. The number of carbonyl (C=O) groups is 1. The topological polar surface area (TPSA) is 49.3 Å². The molecule has 0 N–H and O–H groups in total. The van der Waals surface area contributed by atoms with Crippen molar-refractivity contribution in [2.45, 2.75) is 33.2 Å². The molecule has 0 atom stereocenters. The molecular formula is C19H26N4O. The Morgan fingerprint density at radius 2 is 1.88 bits per heavy atom. The van der Waals surface area contributed by atoms with Crippen molar-refractivity contribution in [2.24, 2.45) is 0 Å². The van der Waals surface area contributed by atoms with Gasteiger partial charge in [-0.3, -0.25) is 4.79 Å². The molecule has 0 unspecified atom stereocenters. The third-order valence-electron chi connectivity index (χ3n) is 4.00. The fraction of sp³-hybridized carbons (Fsp3) is 0.421. The molecule has 1 aromatic heterocycles. The summed E-state index contributed by atoms with van der Waals surface area (Å²) in [6, 6.07) is 11.8. The van der Waals surface area contributed by atoms with Crippen LogP contribution in [0, 0.1) is 0 Å². The normalized spacial score (nSPS) is 10.5. The molecule has 1 amide bonds. The molecule has 128 valence electrons. The van der Waals surface area contributed by atoms with Crippen LogP contribution in [-0.4, -0.2) is 40.9 Å². The van der Waals surface area contributed by atoms with Gasteiger partial charge < -0.3 is 9.80 Å². The summed E-state index contributed by atoms with van der Waals surface area (Å²) in [7, 11) is 1.99. The summed E-state index contributed by atoms with van der Waals surface area (Å²) in [5.74, 6) is 0.728. The minimum Gasteiger partial charge on any atom is -0.360 e. The molecule has 0 bridgehead atoms. The molecule has 0 saturated carbocycles. The first-order chi connectivity index (χ1) is 11.7. The molecule has 0 aliphatic carbocycles. The number of benzene rings is 1. The fourth-order valence-electron chi connectivity index (χ4n) is 2.48. The molecule has 0 spiro atoms. The predicted octanol–water partition coefficient (Wildman–Crippen LogP) is 3.38. The van der Waals surface area contributed by atoms with Gasteiger partial charge in [-0.05, 0) is 18.9 Å². The van der Waals surface area contributed by atoms with E-state index in [1.807, 2.05) is 44.3 Å². The molecule has 1 heterocycles. The molecular weight excluding hydrogens is 300 g/mol. The highest BCUT2D eigenvalue weighted by Gasteiger charge is 2.17. The zero-order chi connectivity index (χ0) is 17.4. The van der Waals surface area contributed by atoms with Crippen molar-refractivity contribution in [2.75, 3.05) is 25.0 Å².